The Balaban J connectivity index is 4.10. The maximum atomic E-state index is 12.7. The predicted octanol–water partition coefficient (Wildman–Crippen LogP) is 14.5. The summed E-state index contributed by atoms with van der Waals surface area (Å²) in [5.74, 6) is -0.390. The van der Waals surface area contributed by atoms with Gasteiger partial charge in [0.05, 0.1) is 26.4 Å². The molecule has 358 valence electrons. The van der Waals surface area contributed by atoms with Crippen molar-refractivity contribution in [2.45, 2.75) is 238 Å². The Kier molecular flexibility index (Phi) is 46.6. The van der Waals surface area contributed by atoms with Crippen LogP contribution in [0.25, 0.3) is 0 Å². The number of hydrogen-bond acceptors (Lipinski definition) is 8. The van der Waals surface area contributed by atoms with Crippen molar-refractivity contribution in [3.63, 3.8) is 0 Å². The molecule has 3 N–H and O–H groups in total. The molecule has 0 aliphatic rings. The van der Waals surface area contributed by atoms with Gasteiger partial charge in [0.15, 0.2) is 0 Å². The van der Waals surface area contributed by atoms with Gasteiger partial charge < -0.3 is 24.6 Å². The number of aliphatic hydroxyl groups excluding tert-OH is 2. The van der Waals surface area contributed by atoms with Gasteiger partial charge in [-0.3, -0.25) is 13.8 Å². The first kappa shape index (κ1) is 59.4. The average Bonchev–Trinajstić information content (AvgIpc) is 3.25. The van der Waals surface area contributed by atoms with E-state index in [2.05, 4.69) is 62.5 Å². The summed E-state index contributed by atoms with van der Waals surface area (Å²) in [6, 6.07) is 0. The van der Waals surface area contributed by atoms with E-state index in [1.54, 1.807) is 0 Å². The van der Waals surface area contributed by atoms with Crippen LogP contribution in [0.5, 0.6) is 0 Å². The minimum Gasteiger partial charge on any atom is -0.457 e. The molecule has 61 heavy (non-hydrogen) atoms. The molecular formula is C51H95O9P. The zero-order valence-electron chi connectivity index (χ0n) is 39.4. The van der Waals surface area contributed by atoms with Crippen molar-refractivity contribution in [1.29, 1.82) is 0 Å². The highest BCUT2D eigenvalue weighted by Gasteiger charge is 2.26. The highest BCUT2D eigenvalue weighted by molar-refractivity contribution is 7.47. The van der Waals surface area contributed by atoms with Crippen LogP contribution in [-0.2, 0) is 27.9 Å². The molecule has 0 saturated carbocycles. The van der Waals surface area contributed by atoms with Crippen LogP contribution in [0, 0.1) is 0 Å². The van der Waals surface area contributed by atoms with E-state index in [1.165, 1.54) is 141 Å². The molecule has 0 aliphatic carbocycles. The van der Waals surface area contributed by atoms with Gasteiger partial charge in [0.25, 0.3) is 0 Å². The van der Waals surface area contributed by atoms with E-state index in [0.717, 1.165) is 64.2 Å². The van der Waals surface area contributed by atoms with E-state index in [-0.39, 0.29) is 19.6 Å². The Morgan fingerprint density at radius 1 is 0.508 bits per heavy atom. The van der Waals surface area contributed by atoms with Crippen molar-refractivity contribution in [1.82, 2.24) is 0 Å². The SMILES string of the molecule is CCCCCC/C=C\C/C=C\CCCCCCCCCC(=O)OC(COCCCCCCCCCCCC/C=C\C/C=C\CCCCCCC)COP(=O)(O)OCC(O)CO. The number of hydrogen-bond donors (Lipinski definition) is 3. The number of carbonyl (C=O) groups is 1. The fourth-order valence-corrected chi connectivity index (χ4v) is 7.68. The molecule has 0 aliphatic heterocycles. The molecule has 0 rings (SSSR count). The van der Waals surface area contributed by atoms with Crippen LogP contribution in [0.1, 0.15) is 226 Å². The number of allylic oxidation sites excluding steroid dienone is 8. The first-order chi connectivity index (χ1) is 29.8. The maximum absolute atomic E-state index is 12.7. The third-order valence-electron chi connectivity index (χ3n) is 10.7. The molecule has 0 radical (unpaired) electrons. The lowest BCUT2D eigenvalue weighted by atomic mass is 10.1. The summed E-state index contributed by atoms with van der Waals surface area (Å²) in [5, 5.41) is 18.4. The summed E-state index contributed by atoms with van der Waals surface area (Å²) < 4.78 is 33.5. The summed E-state index contributed by atoms with van der Waals surface area (Å²) in [5.41, 5.74) is 0. The lowest BCUT2D eigenvalue weighted by Gasteiger charge is -2.20. The van der Waals surface area contributed by atoms with Gasteiger partial charge >= 0.3 is 13.8 Å². The Bertz CT molecular complexity index is 1090. The normalized spacial score (nSPS) is 14.2. The van der Waals surface area contributed by atoms with Crippen LogP contribution in [0.3, 0.4) is 0 Å². The van der Waals surface area contributed by atoms with Crippen LogP contribution in [0.4, 0.5) is 0 Å². The molecule has 10 heteroatoms. The molecule has 0 aromatic heterocycles. The van der Waals surface area contributed by atoms with E-state index in [1.807, 2.05) is 0 Å². The van der Waals surface area contributed by atoms with Crippen LogP contribution >= 0.6 is 7.82 Å². The van der Waals surface area contributed by atoms with Gasteiger partial charge in [0, 0.05) is 13.0 Å². The maximum Gasteiger partial charge on any atom is 0.472 e. The molecular weight excluding hydrogens is 788 g/mol. The second-order valence-corrected chi connectivity index (χ2v) is 18.3. The fourth-order valence-electron chi connectivity index (χ4n) is 6.89. The zero-order valence-corrected chi connectivity index (χ0v) is 40.3. The Hall–Kier alpha value is -1.58. The topological polar surface area (TPSA) is 132 Å². The van der Waals surface area contributed by atoms with Crippen molar-refractivity contribution in [3.05, 3.63) is 48.6 Å². The largest absolute Gasteiger partial charge is 0.472 e. The second-order valence-electron chi connectivity index (χ2n) is 16.8. The molecule has 9 nitrogen and oxygen atoms in total. The number of esters is 1. The molecule has 0 aromatic carbocycles. The summed E-state index contributed by atoms with van der Waals surface area (Å²) in [7, 11) is -4.53. The molecule has 0 bridgehead atoms. The molecule has 0 saturated heterocycles. The zero-order chi connectivity index (χ0) is 44.6. The highest BCUT2D eigenvalue weighted by atomic mass is 31.2. The van der Waals surface area contributed by atoms with E-state index in [4.69, 9.17) is 23.6 Å². The number of phosphoric ester groups is 1. The number of phosphoric acid groups is 1. The molecule has 0 aromatic rings. The van der Waals surface area contributed by atoms with Crippen molar-refractivity contribution in [2.75, 3.05) is 33.0 Å². The van der Waals surface area contributed by atoms with Crippen LogP contribution in [0.15, 0.2) is 48.6 Å². The van der Waals surface area contributed by atoms with Crippen LogP contribution < -0.4 is 0 Å². The number of unbranched alkanes of at least 4 members (excludes halogenated alkanes) is 26. The van der Waals surface area contributed by atoms with E-state index in [0.29, 0.717) is 6.61 Å². The van der Waals surface area contributed by atoms with Crippen LogP contribution in [-0.4, -0.2) is 66.3 Å². The van der Waals surface area contributed by atoms with Crippen molar-refractivity contribution in [3.8, 4) is 0 Å². The minimum absolute atomic E-state index is 0.0438. The van der Waals surface area contributed by atoms with E-state index < -0.39 is 39.2 Å². The smallest absolute Gasteiger partial charge is 0.457 e. The molecule has 0 spiro atoms. The highest BCUT2D eigenvalue weighted by Crippen LogP contribution is 2.43. The van der Waals surface area contributed by atoms with Gasteiger partial charge in [-0.2, -0.15) is 0 Å². The van der Waals surface area contributed by atoms with E-state index >= 15 is 0 Å². The first-order valence-corrected chi connectivity index (χ1v) is 26.6. The molecule has 0 heterocycles. The number of ether oxygens (including phenoxy) is 2. The Labute approximate surface area is 375 Å². The predicted molar refractivity (Wildman–Crippen MR) is 256 cm³/mol. The monoisotopic (exact) mass is 883 g/mol. The van der Waals surface area contributed by atoms with Gasteiger partial charge in [-0.25, -0.2) is 4.57 Å². The quantitative estimate of drug-likeness (QED) is 0.0236. The lowest BCUT2D eigenvalue weighted by Crippen LogP contribution is -2.29. The van der Waals surface area contributed by atoms with Gasteiger partial charge in [-0.05, 0) is 77.0 Å². The average molecular weight is 883 g/mol. The van der Waals surface area contributed by atoms with E-state index in [9.17, 15) is 19.4 Å². The Morgan fingerprint density at radius 2 is 0.885 bits per heavy atom. The summed E-state index contributed by atoms with van der Waals surface area (Å²) in [6.07, 6.45) is 55.0. The van der Waals surface area contributed by atoms with Gasteiger partial charge in [0.1, 0.15) is 12.2 Å². The van der Waals surface area contributed by atoms with Gasteiger partial charge in [0.2, 0.25) is 0 Å². The van der Waals surface area contributed by atoms with Crippen molar-refractivity contribution >= 4 is 13.8 Å². The number of carbonyl (C=O) groups excluding carboxylic acids is 1. The Morgan fingerprint density at radius 3 is 1.33 bits per heavy atom. The first-order valence-electron chi connectivity index (χ1n) is 25.1. The lowest BCUT2D eigenvalue weighted by molar-refractivity contribution is -0.154. The minimum atomic E-state index is -4.53. The second kappa shape index (κ2) is 47.9. The molecule has 3 atom stereocenters. The molecule has 0 amide bonds. The standard InChI is InChI=1S/C51H95O9P/c1-3-5-7-9-11-13-15-17-19-21-23-24-25-26-28-30-32-34-36-38-40-42-44-57-47-50(48-59-61(55,56)58-46-49(53)45-52)60-51(54)43-41-39-37-35-33-31-29-27-22-20-18-16-14-12-10-8-6-4-2/h14-17,20-23,49-50,52-53H,3-13,18-19,24-48H2,1-2H3,(H,55,56)/b16-14-,17-15-,22-20-,23-21-. The van der Waals surface area contributed by atoms with Gasteiger partial charge in [-0.1, -0.05) is 191 Å². The summed E-state index contributed by atoms with van der Waals surface area (Å²) in [4.78, 5) is 22.7. The summed E-state index contributed by atoms with van der Waals surface area (Å²) >= 11 is 0. The summed E-state index contributed by atoms with van der Waals surface area (Å²) in [6.45, 7) is 3.50. The molecule has 0 fully saturated rings. The third-order valence-corrected chi connectivity index (χ3v) is 11.7. The number of aliphatic hydroxyl groups is 2. The van der Waals surface area contributed by atoms with Gasteiger partial charge in [-0.15, -0.1) is 0 Å². The third kappa shape index (κ3) is 47.7. The molecule has 3 unspecified atom stereocenters. The number of rotatable bonds is 48. The van der Waals surface area contributed by atoms with Crippen molar-refractivity contribution in [2.24, 2.45) is 0 Å². The van der Waals surface area contributed by atoms with Crippen LogP contribution in [0.2, 0.25) is 0 Å². The fraction of sp³-hybridized carbons (Fsp3) is 0.824. The van der Waals surface area contributed by atoms with Crippen molar-refractivity contribution < 1.29 is 43.0 Å².